The second-order valence-corrected chi connectivity index (χ2v) is 7.57. The van der Waals surface area contributed by atoms with Gasteiger partial charge in [0.1, 0.15) is 0 Å². The summed E-state index contributed by atoms with van der Waals surface area (Å²) in [6.07, 6.45) is 4.23. The first kappa shape index (κ1) is 13.4. The van der Waals surface area contributed by atoms with E-state index >= 15 is 0 Å². The van der Waals surface area contributed by atoms with Crippen molar-refractivity contribution in [2.45, 2.75) is 18.9 Å². The fourth-order valence-corrected chi connectivity index (χ4v) is 4.82. The highest BCUT2D eigenvalue weighted by atomic mass is 32.1. The van der Waals surface area contributed by atoms with Gasteiger partial charge in [0.05, 0.1) is 4.88 Å². The van der Waals surface area contributed by atoms with Crippen molar-refractivity contribution < 1.29 is 4.79 Å². The SMILES string of the molecule is O=C(NC1CN2CCC1CC2)c1ncc(-c2ccsc2)s1. The molecule has 2 bridgehead atoms. The predicted octanol–water partition coefficient (Wildman–Crippen LogP) is 2.70. The highest BCUT2D eigenvalue weighted by molar-refractivity contribution is 7.17. The molecule has 1 amide bonds. The van der Waals surface area contributed by atoms with Crippen LogP contribution in [0.1, 0.15) is 22.6 Å². The summed E-state index contributed by atoms with van der Waals surface area (Å²) >= 11 is 3.14. The minimum absolute atomic E-state index is 0.0137. The van der Waals surface area contributed by atoms with Gasteiger partial charge < -0.3 is 10.2 Å². The van der Waals surface area contributed by atoms with Crippen molar-refractivity contribution >= 4 is 28.6 Å². The highest BCUT2D eigenvalue weighted by Gasteiger charge is 2.35. The minimum Gasteiger partial charge on any atom is -0.346 e. The van der Waals surface area contributed by atoms with E-state index in [1.807, 2.05) is 5.38 Å². The van der Waals surface area contributed by atoms with Crippen LogP contribution in [0.25, 0.3) is 10.4 Å². The number of nitrogens with zero attached hydrogens (tertiary/aromatic N) is 2. The molecule has 0 radical (unpaired) electrons. The molecule has 0 saturated carbocycles. The number of rotatable bonds is 3. The van der Waals surface area contributed by atoms with Crippen molar-refractivity contribution in [2.24, 2.45) is 5.92 Å². The summed E-state index contributed by atoms with van der Waals surface area (Å²) in [7, 11) is 0. The molecule has 3 aliphatic heterocycles. The Labute approximate surface area is 131 Å². The number of nitrogens with one attached hydrogen (secondary N) is 1. The largest absolute Gasteiger partial charge is 0.346 e. The molecule has 3 saturated heterocycles. The molecule has 4 nitrogen and oxygen atoms in total. The van der Waals surface area contributed by atoms with Crippen molar-refractivity contribution in [3.63, 3.8) is 0 Å². The highest BCUT2D eigenvalue weighted by Crippen LogP contribution is 2.30. The van der Waals surface area contributed by atoms with Crippen molar-refractivity contribution in [2.75, 3.05) is 19.6 Å². The zero-order chi connectivity index (χ0) is 14.2. The standard InChI is InChI=1S/C15H17N3OS2/c19-14(17-12-8-18-4-1-10(12)2-5-18)15-16-7-13(21-15)11-3-6-20-9-11/h3,6-7,9-10,12H,1-2,4-5,8H2,(H,17,19). The maximum atomic E-state index is 12.4. The van der Waals surface area contributed by atoms with Crippen molar-refractivity contribution in [1.29, 1.82) is 0 Å². The molecule has 6 heteroatoms. The molecule has 1 unspecified atom stereocenters. The van der Waals surface area contributed by atoms with E-state index < -0.39 is 0 Å². The van der Waals surface area contributed by atoms with Crippen LogP contribution in [-0.2, 0) is 0 Å². The molecule has 3 aliphatic rings. The maximum absolute atomic E-state index is 12.4. The Morgan fingerprint density at radius 3 is 2.90 bits per heavy atom. The van der Waals surface area contributed by atoms with E-state index in [0.717, 1.165) is 17.0 Å². The number of carbonyl (C=O) groups is 1. The summed E-state index contributed by atoms with van der Waals surface area (Å²) < 4.78 is 0. The van der Waals surface area contributed by atoms with Crippen molar-refractivity contribution in [1.82, 2.24) is 15.2 Å². The summed E-state index contributed by atoms with van der Waals surface area (Å²) in [5.74, 6) is 0.635. The average molecular weight is 319 g/mol. The Hall–Kier alpha value is -1.24. The number of amides is 1. The molecule has 5 rings (SSSR count). The average Bonchev–Trinajstić information content (AvgIpc) is 3.20. The van der Waals surface area contributed by atoms with Gasteiger partial charge in [-0.1, -0.05) is 0 Å². The van der Waals surface area contributed by atoms with E-state index in [2.05, 4.69) is 26.6 Å². The molecule has 0 spiro atoms. The second kappa shape index (κ2) is 5.51. The van der Waals surface area contributed by atoms with Crippen molar-refractivity contribution in [3.8, 4) is 10.4 Å². The third-order valence-corrected chi connectivity index (χ3v) is 6.21. The number of thiophene rings is 1. The lowest BCUT2D eigenvalue weighted by atomic mass is 9.84. The predicted molar refractivity (Wildman–Crippen MR) is 85.8 cm³/mol. The molecular weight excluding hydrogens is 302 g/mol. The van der Waals surface area contributed by atoms with Gasteiger partial charge in [0, 0.05) is 24.3 Å². The third kappa shape index (κ3) is 2.63. The van der Waals surface area contributed by atoms with Crippen LogP contribution in [0.2, 0.25) is 0 Å². The van der Waals surface area contributed by atoms with Gasteiger partial charge in [0.2, 0.25) is 0 Å². The van der Waals surface area contributed by atoms with E-state index in [0.29, 0.717) is 17.0 Å². The quantitative estimate of drug-likeness (QED) is 0.946. The van der Waals surface area contributed by atoms with Crippen LogP contribution in [0, 0.1) is 5.92 Å². The zero-order valence-corrected chi connectivity index (χ0v) is 13.3. The van der Waals surface area contributed by atoms with Gasteiger partial charge in [-0.2, -0.15) is 11.3 Å². The van der Waals surface area contributed by atoms with E-state index in [1.165, 1.54) is 37.3 Å². The summed E-state index contributed by atoms with van der Waals surface area (Å²) in [4.78, 5) is 20.2. The van der Waals surface area contributed by atoms with Crippen LogP contribution in [0.4, 0.5) is 0 Å². The summed E-state index contributed by atoms with van der Waals surface area (Å²) in [6, 6.07) is 2.36. The first-order chi connectivity index (χ1) is 10.3. The van der Waals surface area contributed by atoms with E-state index in [-0.39, 0.29) is 5.91 Å². The molecular formula is C15H17N3OS2. The van der Waals surface area contributed by atoms with Gasteiger partial charge in [-0.15, -0.1) is 11.3 Å². The molecule has 110 valence electrons. The minimum atomic E-state index is -0.0137. The Kier molecular flexibility index (Phi) is 3.52. The van der Waals surface area contributed by atoms with E-state index in [9.17, 15) is 4.79 Å². The summed E-state index contributed by atoms with van der Waals surface area (Å²) in [6.45, 7) is 3.38. The number of carbonyl (C=O) groups excluding carboxylic acids is 1. The fraction of sp³-hybridized carbons (Fsp3) is 0.467. The van der Waals surface area contributed by atoms with Crippen LogP contribution in [-0.4, -0.2) is 41.5 Å². The third-order valence-electron chi connectivity index (χ3n) is 4.48. The van der Waals surface area contributed by atoms with Crippen molar-refractivity contribution in [3.05, 3.63) is 28.0 Å². The Bertz CT molecular complexity index is 629. The number of fused-ring (bicyclic) bond motifs is 3. The second-order valence-electron chi connectivity index (χ2n) is 5.76. The normalized spacial score (nSPS) is 27.7. The molecule has 3 fully saturated rings. The number of thiazole rings is 1. The van der Waals surface area contributed by atoms with Crippen LogP contribution in [0.3, 0.4) is 0 Å². The van der Waals surface area contributed by atoms with Gasteiger partial charge in [-0.05, 0) is 48.7 Å². The lowest BCUT2D eigenvalue weighted by Crippen LogP contribution is -2.57. The lowest BCUT2D eigenvalue weighted by molar-refractivity contribution is 0.0620. The Morgan fingerprint density at radius 1 is 1.38 bits per heavy atom. The van der Waals surface area contributed by atoms with E-state index in [4.69, 9.17) is 0 Å². The van der Waals surface area contributed by atoms with Gasteiger partial charge in [-0.25, -0.2) is 4.98 Å². The first-order valence-corrected chi connectivity index (χ1v) is 9.07. The van der Waals surface area contributed by atoms with E-state index in [1.54, 1.807) is 17.5 Å². The number of hydrogen-bond acceptors (Lipinski definition) is 5. The lowest BCUT2D eigenvalue weighted by Gasteiger charge is -2.44. The Balaban J connectivity index is 1.46. The first-order valence-electron chi connectivity index (χ1n) is 7.31. The van der Waals surface area contributed by atoms with Gasteiger partial charge in [-0.3, -0.25) is 4.79 Å². The molecule has 2 aromatic heterocycles. The zero-order valence-electron chi connectivity index (χ0n) is 11.6. The number of aromatic nitrogens is 1. The number of piperidine rings is 3. The molecule has 21 heavy (non-hydrogen) atoms. The molecule has 0 aromatic carbocycles. The number of hydrogen-bond donors (Lipinski definition) is 1. The summed E-state index contributed by atoms with van der Waals surface area (Å²) in [5.41, 5.74) is 1.15. The van der Waals surface area contributed by atoms with Crippen LogP contribution >= 0.6 is 22.7 Å². The molecule has 1 atom stereocenters. The van der Waals surface area contributed by atoms with Gasteiger partial charge in [0.15, 0.2) is 5.01 Å². The summed E-state index contributed by atoms with van der Waals surface area (Å²) in [5, 5.41) is 7.90. The molecule has 0 aliphatic carbocycles. The smallest absolute Gasteiger partial charge is 0.280 e. The molecule has 1 N–H and O–H groups in total. The fourth-order valence-electron chi connectivity index (χ4n) is 3.28. The van der Waals surface area contributed by atoms with Crippen LogP contribution < -0.4 is 5.32 Å². The van der Waals surface area contributed by atoms with Crippen LogP contribution in [0.5, 0.6) is 0 Å². The monoisotopic (exact) mass is 319 g/mol. The van der Waals surface area contributed by atoms with Gasteiger partial charge >= 0.3 is 0 Å². The molecule has 2 aromatic rings. The maximum Gasteiger partial charge on any atom is 0.280 e. The topological polar surface area (TPSA) is 45.2 Å². The Morgan fingerprint density at radius 2 is 2.24 bits per heavy atom. The van der Waals surface area contributed by atoms with Crippen LogP contribution in [0.15, 0.2) is 23.0 Å². The van der Waals surface area contributed by atoms with Gasteiger partial charge in [0.25, 0.3) is 5.91 Å². The molecule has 5 heterocycles.